The van der Waals surface area contributed by atoms with Gasteiger partial charge in [-0.3, -0.25) is 4.79 Å². The van der Waals surface area contributed by atoms with Crippen LogP contribution in [0.4, 0.5) is 17.2 Å². The van der Waals surface area contributed by atoms with Crippen LogP contribution >= 0.6 is 0 Å². The summed E-state index contributed by atoms with van der Waals surface area (Å²) in [5, 5.41) is 6.02. The van der Waals surface area contributed by atoms with Gasteiger partial charge in [0.15, 0.2) is 0 Å². The highest BCUT2D eigenvalue weighted by Gasteiger charge is 2.10. The molecule has 1 amide bonds. The monoisotopic (exact) mass is 375 g/mol. The molecule has 2 aromatic carbocycles. The number of pyridine rings is 1. The minimum atomic E-state index is -0.407. The second-order valence-corrected chi connectivity index (χ2v) is 6.33. The van der Waals surface area contributed by atoms with Crippen molar-refractivity contribution in [3.8, 4) is 0 Å². The highest BCUT2D eigenvalue weighted by atomic mass is 16.5. The summed E-state index contributed by atoms with van der Waals surface area (Å²) in [7, 11) is 1.34. The van der Waals surface area contributed by atoms with Gasteiger partial charge in [0.2, 0.25) is 0 Å². The Morgan fingerprint density at radius 1 is 0.964 bits per heavy atom. The number of methoxy groups -OCH3 is 1. The lowest BCUT2D eigenvalue weighted by molar-refractivity contribution is 0.0600. The van der Waals surface area contributed by atoms with Gasteiger partial charge in [0, 0.05) is 17.6 Å². The van der Waals surface area contributed by atoms with Crippen molar-refractivity contribution >= 4 is 29.1 Å². The van der Waals surface area contributed by atoms with Crippen molar-refractivity contribution in [1.82, 2.24) is 4.98 Å². The molecule has 0 spiro atoms. The molecule has 0 bridgehead atoms. The molecule has 3 rings (SSSR count). The van der Waals surface area contributed by atoms with Gasteiger partial charge < -0.3 is 15.4 Å². The maximum absolute atomic E-state index is 12.5. The number of aromatic nitrogens is 1. The summed E-state index contributed by atoms with van der Waals surface area (Å²) < 4.78 is 4.72. The van der Waals surface area contributed by atoms with Crippen LogP contribution in [0.2, 0.25) is 0 Å². The van der Waals surface area contributed by atoms with Gasteiger partial charge >= 0.3 is 5.97 Å². The number of esters is 1. The number of carbonyl (C=O) groups is 2. The smallest absolute Gasteiger partial charge is 0.337 e. The van der Waals surface area contributed by atoms with E-state index >= 15 is 0 Å². The zero-order valence-electron chi connectivity index (χ0n) is 15.9. The zero-order valence-corrected chi connectivity index (χ0v) is 15.9. The van der Waals surface area contributed by atoms with Gasteiger partial charge in [-0.2, -0.15) is 0 Å². The van der Waals surface area contributed by atoms with E-state index in [0.29, 0.717) is 22.6 Å². The number of nitrogens with zero attached hydrogens (tertiary/aromatic N) is 1. The molecule has 0 saturated heterocycles. The van der Waals surface area contributed by atoms with Gasteiger partial charge in [-0.15, -0.1) is 0 Å². The van der Waals surface area contributed by atoms with Crippen LogP contribution in [-0.4, -0.2) is 24.0 Å². The number of hydrogen-bond acceptors (Lipinski definition) is 5. The number of anilines is 3. The van der Waals surface area contributed by atoms with Gasteiger partial charge in [0.1, 0.15) is 5.82 Å². The van der Waals surface area contributed by atoms with Crippen LogP contribution in [-0.2, 0) is 4.74 Å². The predicted molar refractivity (Wildman–Crippen MR) is 109 cm³/mol. The van der Waals surface area contributed by atoms with E-state index in [4.69, 9.17) is 4.74 Å². The molecule has 2 N–H and O–H groups in total. The molecule has 6 nitrogen and oxygen atoms in total. The second kappa shape index (κ2) is 8.35. The molecule has 0 aliphatic rings. The molecular weight excluding hydrogens is 354 g/mol. The van der Waals surface area contributed by atoms with E-state index < -0.39 is 5.97 Å². The van der Waals surface area contributed by atoms with Crippen LogP contribution in [0, 0.1) is 13.8 Å². The Hall–Kier alpha value is -3.67. The average molecular weight is 375 g/mol. The SMILES string of the molecule is COC(=O)c1cccc(Nc2ccc(C(=O)Nc3cccc(C)c3C)cn2)c1. The van der Waals surface area contributed by atoms with Crippen LogP contribution in [0.1, 0.15) is 31.8 Å². The lowest BCUT2D eigenvalue weighted by atomic mass is 10.1. The Labute approximate surface area is 163 Å². The molecule has 1 aromatic heterocycles. The van der Waals surface area contributed by atoms with E-state index in [2.05, 4.69) is 15.6 Å². The third kappa shape index (κ3) is 4.35. The molecule has 0 aliphatic heterocycles. The van der Waals surface area contributed by atoms with Crippen LogP contribution < -0.4 is 10.6 Å². The zero-order chi connectivity index (χ0) is 20.1. The van der Waals surface area contributed by atoms with Gasteiger partial charge in [-0.25, -0.2) is 9.78 Å². The number of benzene rings is 2. The lowest BCUT2D eigenvalue weighted by Gasteiger charge is -2.11. The van der Waals surface area contributed by atoms with Crippen molar-refractivity contribution in [2.45, 2.75) is 13.8 Å². The Kier molecular flexibility index (Phi) is 5.69. The quantitative estimate of drug-likeness (QED) is 0.643. The maximum Gasteiger partial charge on any atom is 0.337 e. The summed E-state index contributed by atoms with van der Waals surface area (Å²) in [6.07, 6.45) is 1.51. The number of carbonyl (C=O) groups excluding carboxylic acids is 2. The Bertz CT molecular complexity index is 1010. The molecular formula is C22H21N3O3. The van der Waals surface area contributed by atoms with Gasteiger partial charge in [0.05, 0.1) is 18.2 Å². The number of aryl methyl sites for hydroxylation is 1. The number of nitrogens with one attached hydrogen (secondary N) is 2. The second-order valence-electron chi connectivity index (χ2n) is 6.33. The molecule has 142 valence electrons. The molecule has 28 heavy (non-hydrogen) atoms. The number of hydrogen-bond donors (Lipinski definition) is 2. The van der Waals surface area contributed by atoms with E-state index in [1.807, 2.05) is 38.1 Å². The van der Waals surface area contributed by atoms with Crippen molar-refractivity contribution in [2.24, 2.45) is 0 Å². The minimum Gasteiger partial charge on any atom is -0.465 e. The molecule has 0 atom stereocenters. The maximum atomic E-state index is 12.5. The first kappa shape index (κ1) is 19.1. The Morgan fingerprint density at radius 2 is 1.75 bits per heavy atom. The summed E-state index contributed by atoms with van der Waals surface area (Å²) in [6, 6.07) is 16.1. The van der Waals surface area contributed by atoms with E-state index in [1.54, 1.807) is 30.3 Å². The van der Waals surface area contributed by atoms with Gasteiger partial charge in [-0.1, -0.05) is 18.2 Å². The molecule has 0 aliphatic carbocycles. The van der Waals surface area contributed by atoms with Gasteiger partial charge in [-0.05, 0) is 61.4 Å². The molecule has 0 saturated carbocycles. The van der Waals surface area contributed by atoms with Crippen molar-refractivity contribution in [2.75, 3.05) is 17.7 Å². The average Bonchev–Trinajstić information content (AvgIpc) is 2.71. The predicted octanol–water partition coefficient (Wildman–Crippen LogP) is 4.48. The highest BCUT2D eigenvalue weighted by Crippen LogP contribution is 2.20. The Balaban J connectivity index is 1.70. The largest absolute Gasteiger partial charge is 0.465 e. The summed E-state index contributed by atoms with van der Waals surface area (Å²) >= 11 is 0. The van der Waals surface area contributed by atoms with Crippen LogP contribution in [0.25, 0.3) is 0 Å². The van der Waals surface area contributed by atoms with Crippen molar-refractivity contribution in [3.05, 3.63) is 83.0 Å². The summed E-state index contributed by atoms with van der Waals surface area (Å²) in [6.45, 7) is 3.97. The minimum absolute atomic E-state index is 0.222. The van der Waals surface area contributed by atoms with Crippen molar-refractivity contribution in [1.29, 1.82) is 0 Å². The Morgan fingerprint density at radius 3 is 2.46 bits per heavy atom. The number of rotatable bonds is 5. The summed E-state index contributed by atoms with van der Waals surface area (Å²) in [5.74, 6) is -0.0687. The normalized spacial score (nSPS) is 10.2. The summed E-state index contributed by atoms with van der Waals surface area (Å²) in [4.78, 5) is 28.4. The fourth-order valence-corrected chi connectivity index (χ4v) is 2.67. The fourth-order valence-electron chi connectivity index (χ4n) is 2.67. The molecule has 3 aromatic rings. The topological polar surface area (TPSA) is 80.3 Å². The van der Waals surface area contributed by atoms with E-state index in [1.165, 1.54) is 13.3 Å². The molecule has 0 fully saturated rings. The van der Waals surface area contributed by atoms with E-state index in [-0.39, 0.29) is 5.91 Å². The van der Waals surface area contributed by atoms with Crippen molar-refractivity contribution in [3.63, 3.8) is 0 Å². The standard InChI is InChI=1S/C22H21N3O3/c1-14-6-4-9-19(15(14)2)25-21(26)17-10-11-20(23-13-17)24-18-8-5-7-16(12-18)22(27)28-3/h4-13H,1-3H3,(H,23,24)(H,25,26). The van der Waals surface area contributed by atoms with Crippen LogP contribution in [0.5, 0.6) is 0 Å². The first-order valence-corrected chi connectivity index (χ1v) is 8.77. The first-order chi connectivity index (χ1) is 13.5. The molecule has 1 heterocycles. The third-order valence-corrected chi connectivity index (χ3v) is 4.43. The van der Waals surface area contributed by atoms with E-state index in [0.717, 1.165) is 16.8 Å². The molecule has 0 radical (unpaired) electrons. The van der Waals surface area contributed by atoms with E-state index in [9.17, 15) is 9.59 Å². The van der Waals surface area contributed by atoms with Crippen LogP contribution in [0.3, 0.4) is 0 Å². The third-order valence-electron chi connectivity index (χ3n) is 4.43. The molecule has 6 heteroatoms. The summed E-state index contributed by atoms with van der Waals surface area (Å²) in [5.41, 5.74) is 4.53. The van der Waals surface area contributed by atoms with Gasteiger partial charge in [0.25, 0.3) is 5.91 Å². The fraction of sp³-hybridized carbons (Fsp3) is 0.136. The number of amides is 1. The number of ether oxygens (including phenoxy) is 1. The molecule has 0 unspecified atom stereocenters. The first-order valence-electron chi connectivity index (χ1n) is 8.77. The van der Waals surface area contributed by atoms with Crippen LogP contribution in [0.15, 0.2) is 60.8 Å². The van der Waals surface area contributed by atoms with Crippen molar-refractivity contribution < 1.29 is 14.3 Å². The lowest BCUT2D eigenvalue weighted by Crippen LogP contribution is -2.13. The highest BCUT2D eigenvalue weighted by molar-refractivity contribution is 6.04.